The number of carboxylic acids is 1. The van der Waals surface area contributed by atoms with E-state index in [2.05, 4.69) is 15.2 Å². The van der Waals surface area contributed by atoms with Gasteiger partial charge in [-0.2, -0.15) is 13.9 Å². The number of benzene rings is 2. The maximum atomic E-state index is 13.3. The van der Waals surface area contributed by atoms with Crippen LogP contribution >= 0.6 is 9.24 Å². The smallest absolute Gasteiger partial charge is 0.408 e. The van der Waals surface area contributed by atoms with Crippen LogP contribution in [-0.4, -0.2) is 52.9 Å². The minimum Gasteiger partial charge on any atom is -0.494 e. The van der Waals surface area contributed by atoms with Crippen LogP contribution < -0.4 is 25.2 Å². The van der Waals surface area contributed by atoms with Gasteiger partial charge in [-0.05, 0) is 32.5 Å². The highest BCUT2D eigenvalue weighted by atomic mass is 31.0. The summed E-state index contributed by atoms with van der Waals surface area (Å²) in [6.07, 6.45) is 1.34. The van der Waals surface area contributed by atoms with Crippen molar-refractivity contribution < 1.29 is 33.0 Å². The Labute approximate surface area is 213 Å². The molecule has 10 nitrogen and oxygen atoms in total. The number of urea groups is 1. The number of para-hydroxylation sites is 2. The Kier molecular flexibility index (Phi) is 8.44. The van der Waals surface area contributed by atoms with Gasteiger partial charge in [0, 0.05) is 20.5 Å². The lowest BCUT2D eigenvalue weighted by molar-refractivity contribution is -0.139. The van der Waals surface area contributed by atoms with Gasteiger partial charge in [0.15, 0.2) is 11.5 Å². The standard InChI is InChI=1S/C24H25F2N4O6P/c1-29(17-6-4-5-7-18(17)36-24(25,26)37)23(34)28-16(22(32)33)12-14-8-10-15(11-9-14)20-19(35-3)13-27-30(2)21(20)31/h4-11,13,16H,12,37H2,1-3H3,(H,28,34)(H,32,33)/t16-/m0/s1. The zero-order valence-corrected chi connectivity index (χ0v) is 21.3. The molecule has 13 heteroatoms. The Hall–Kier alpha value is -4.05. The summed E-state index contributed by atoms with van der Waals surface area (Å²) in [6, 6.07) is 10.00. The summed E-state index contributed by atoms with van der Waals surface area (Å²) in [6.45, 7) is 0. The number of carboxylic acid groups (broad SMARTS) is 1. The molecule has 3 rings (SSSR count). The SMILES string of the molecule is COc1cnn(C)c(=O)c1-c1ccc(C[C@H](NC(=O)N(C)c2ccccc2OC(F)(F)P)C(=O)O)cc1. The summed E-state index contributed by atoms with van der Waals surface area (Å²) in [4.78, 5) is 38.2. The monoisotopic (exact) mass is 534 g/mol. The van der Waals surface area contributed by atoms with E-state index in [-0.39, 0.29) is 23.4 Å². The van der Waals surface area contributed by atoms with Crippen LogP contribution in [0.4, 0.5) is 19.3 Å². The molecule has 1 aromatic heterocycles. The second-order valence-electron chi connectivity index (χ2n) is 7.95. The lowest BCUT2D eigenvalue weighted by atomic mass is 10.0. The van der Waals surface area contributed by atoms with Gasteiger partial charge in [0.05, 0.1) is 24.6 Å². The molecule has 0 fully saturated rings. The number of nitrogens with zero attached hydrogens (tertiary/aromatic N) is 3. The number of aryl methyl sites for hydroxylation is 1. The van der Waals surface area contributed by atoms with E-state index < -0.39 is 23.9 Å². The van der Waals surface area contributed by atoms with Crippen molar-refractivity contribution in [2.24, 2.45) is 7.05 Å². The van der Waals surface area contributed by atoms with Crippen molar-refractivity contribution in [3.05, 3.63) is 70.6 Å². The van der Waals surface area contributed by atoms with E-state index in [9.17, 15) is 28.3 Å². The molecule has 2 atom stereocenters. The van der Waals surface area contributed by atoms with Gasteiger partial charge in [-0.1, -0.05) is 36.4 Å². The second kappa shape index (κ2) is 11.3. The third kappa shape index (κ3) is 6.79. The highest BCUT2D eigenvalue weighted by Gasteiger charge is 2.28. The number of carbonyl (C=O) groups excluding carboxylic acids is 1. The summed E-state index contributed by atoms with van der Waals surface area (Å²) < 4.78 is 37.7. The summed E-state index contributed by atoms with van der Waals surface area (Å²) in [5.74, 6) is -4.83. The number of halogens is 2. The topological polar surface area (TPSA) is 123 Å². The number of hydrogen-bond acceptors (Lipinski definition) is 6. The lowest BCUT2D eigenvalue weighted by Gasteiger charge is -2.24. The summed E-state index contributed by atoms with van der Waals surface area (Å²) >= 11 is 0. The number of carbonyl (C=O) groups is 2. The minimum absolute atomic E-state index is 0.0171. The molecule has 0 radical (unpaired) electrons. The number of rotatable bonds is 9. The van der Waals surface area contributed by atoms with Crippen LogP contribution in [0.25, 0.3) is 11.1 Å². The molecule has 2 amide bonds. The van der Waals surface area contributed by atoms with Gasteiger partial charge in [0.25, 0.3) is 5.56 Å². The zero-order chi connectivity index (χ0) is 27.3. The van der Waals surface area contributed by atoms with Crippen molar-refractivity contribution in [3.8, 4) is 22.6 Å². The molecule has 1 heterocycles. The molecule has 0 aliphatic heterocycles. The average Bonchev–Trinajstić information content (AvgIpc) is 2.84. The molecular formula is C24H25F2N4O6P. The van der Waals surface area contributed by atoms with Crippen molar-refractivity contribution in [1.82, 2.24) is 15.1 Å². The zero-order valence-electron chi connectivity index (χ0n) is 20.1. The van der Waals surface area contributed by atoms with E-state index in [0.29, 0.717) is 22.4 Å². The van der Waals surface area contributed by atoms with Gasteiger partial charge >= 0.3 is 17.9 Å². The van der Waals surface area contributed by atoms with Crippen LogP contribution in [0.5, 0.6) is 11.5 Å². The molecule has 3 aromatic rings. The van der Waals surface area contributed by atoms with Gasteiger partial charge in [-0.3, -0.25) is 9.69 Å². The Bertz CT molecular complexity index is 1340. The van der Waals surface area contributed by atoms with Crippen LogP contribution in [0, 0.1) is 0 Å². The van der Waals surface area contributed by atoms with E-state index >= 15 is 0 Å². The molecule has 0 bridgehead atoms. The number of aromatic nitrogens is 2. The molecule has 0 saturated heterocycles. The van der Waals surface area contributed by atoms with Gasteiger partial charge in [-0.25, -0.2) is 14.3 Å². The van der Waals surface area contributed by atoms with Gasteiger partial charge in [-0.15, -0.1) is 0 Å². The normalized spacial score (nSPS) is 11.9. The van der Waals surface area contributed by atoms with Crippen molar-refractivity contribution in [1.29, 1.82) is 0 Å². The molecule has 0 aliphatic rings. The van der Waals surface area contributed by atoms with Crippen molar-refractivity contribution in [3.63, 3.8) is 0 Å². The number of aliphatic carboxylic acids is 1. The first-order chi connectivity index (χ1) is 17.4. The number of anilines is 1. The first-order valence-electron chi connectivity index (χ1n) is 10.8. The fourth-order valence-electron chi connectivity index (χ4n) is 3.51. The third-order valence-electron chi connectivity index (χ3n) is 5.38. The van der Waals surface area contributed by atoms with E-state index in [4.69, 9.17) is 4.74 Å². The number of methoxy groups -OCH3 is 1. The van der Waals surface area contributed by atoms with Crippen molar-refractivity contribution in [2.45, 2.75) is 18.3 Å². The highest BCUT2D eigenvalue weighted by molar-refractivity contribution is 7.17. The van der Waals surface area contributed by atoms with Gasteiger partial charge in [0.1, 0.15) is 6.04 Å². The predicted molar refractivity (Wildman–Crippen MR) is 135 cm³/mol. The fraction of sp³-hybridized carbons (Fsp3) is 0.250. The Morgan fingerprint density at radius 3 is 2.43 bits per heavy atom. The fourth-order valence-corrected chi connectivity index (χ4v) is 3.64. The number of nitrogens with one attached hydrogen (secondary N) is 1. The van der Waals surface area contributed by atoms with Crippen LogP contribution in [0.1, 0.15) is 5.56 Å². The second-order valence-corrected chi connectivity index (χ2v) is 8.62. The molecule has 2 aromatic carbocycles. The maximum Gasteiger partial charge on any atom is 0.408 e. The van der Waals surface area contributed by atoms with Crippen LogP contribution in [-0.2, 0) is 18.3 Å². The molecule has 196 valence electrons. The average molecular weight is 534 g/mol. The predicted octanol–water partition coefficient (Wildman–Crippen LogP) is 3.10. The molecule has 0 aliphatic carbocycles. The largest absolute Gasteiger partial charge is 0.494 e. The van der Waals surface area contributed by atoms with E-state index in [1.165, 1.54) is 65.6 Å². The lowest BCUT2D eigenvalue weighted by Crippen LogP contribution is -2.48. The molecule has 37 heavy (non-hydrogen) atoms. The quantitative estimate of drug-likeness (QED) is 0.405. The van der Waals surface area contributed by atoms with Crippen molar-refractivity contribution in [2.75, 3.05) is 19.1 Å². The number of alkyl halides is 2. The minimum atomic E-state index is -3.56. The molecule has 1 unspecified atom stereocenters. The molecule has 0 spiro atoms. The van der Waals surface area contributed by atoms with E-state index in [1.807, 2.05) is 0 Å². The van der Waals surface area contributed by atoms with E-state index in [1.54, 1.807) is 24.3 Å². The van der Waals surface area contributed by atoms with Gasteiger partial charge < -0.3 is 19.9 Å². The van der Waals surface area contributed by atoms with Crippen molar-refractivity contribution >= 4 is 26.9 Å². The molecule has 0 saturated carbocycles. The first kappa shape index (κ1) is 27.5. The van der Waals surface area contributed by atoms with E-state index in [0.717, 1.165) is 4.90 Å². The third-order valence-corrected chi connectivity index (χ3v) is 5.50. The Balaban J connectivity index is 1.78. The van der Waals surface area contributed by atoms with Crippen LogP contribution in [0.3, 0.4) is 0 Å². The number of ether oxygens (including phenoxy) is 2. The number of hydrogen-bond donors (Lipinski definition) is 2. The summed E-state index contributed by atoms with van der Waals surface area (Å²) in [5, 5.41) is 16.0. The Morgan fingerprint density at radius 1 is 1.19 bits per heavy atom. The molecular weight excluding hydrogens is 509 g/mol. The Morgan fingerprint density at radius 2 is 1.84 bits per heavy atom. The maximum absolute atomic E-state index is 13.3. The summed E-state index contributed by atoms with van der Waals surface area (Å²) in [5.41, 5.74) is 1.06. The first-order valence-corrected chi connectivity index (χ1v) is 11.4. The van der Waals surface area contributed by atoms with Crippen LogP contribution in [0.2, 0.25) is 0 Å². The highest BCUT2D eigenvalue weighted by Crippen LogP contribution is 2.34. The van der Waals surface area contributed by atoms with Crippen LogP contribution in [0.15, 0.2) is 59.5 Å². The molecule has 2 N–H and O–H groups in total. The number of amides is 2. The summed E-state index contributed by atoms with van der Waals surface area (Å²) in [7, 11) is 5.47. The van der Waals surface area contributed by atoms with Gasteiger partial charge in [0.2, 0.25) is 0 Å².